The lowest BCUT2D eigenvalue weighted by atomic mass is 9.92. The number of carbonyl (C=O) groups excluding carboxylic acids is 2. The number of benzene rings is 1. The van der Waals surface area contributed by atoms with Crippen LogP contribution in [0.2, 0.25) is 0 Å². The summed E-state index contributed by atoms with van der Waals surface area (Å²) >= 11 is 0. The molecule has 1 fully saturated rings. The van der Waals surface area contributed by atoms with Gasteiger partial charge in [0.25, 0.3) is 11.8 Å². The molecule has 3 aromatic rings. The second kappa shape index (κ2) is 10.3. The number of aryl methyl sites for hydroxylation is 2. The van der Waals surface area contributed by atoms with Crippen LogP contribution in [-0.4, -0.2) is 45.1 Å². The Kier molecular flexibility index (Phi) is 6.73. The lowest BCUT2D eigenvalue weighted by Crippen LogP contribution is -2.40. The monoisotopic (exact) mass is 503 g/mol. The fourth-order valence-corrected chi connectivity index (χ4v) is 4.67. The fraction of sp³-hybridized carbons (Fsp3) is 0.320. The molecular weight excluding hydrogens is 474 g/mol. The minimum absolute atomic E-state index is 0.00654. The molecule has 3 heterocycles. The molecule has 5 rings (SSSR count). The molecular formula is C25H29N9O3. The van der Waals surface area contributed by atoms with E-state index in [2.05, 4.69) is 31.6 Å². The number of hydrazine groups is 2. The number of aromatic nitrogens is 3. The molecule has 12 heteroatoms. The number of amides is 2. The molecule has 1 aliphatic carbocycles. The van der Waals surface area contributed by atoms with Gasteiger partial charge in [-0.3, -0.25) is 14.3 Å². The van der Waals surface area contributed by atoms with Gasteiger partial charge in [0.1, 0.15) is 18.0 Å². The van der Waals surface area contributed by atoms with E-state index in [0.717, 1.165) is 48.2 Å². The van der Waals surface area contributed by atoms with Gasteiger partial charge in [-0.1, -0.05) is 0 Å². The third-order valence-electron chi connectivity index (χ3n) is 6.52. The van der Waals surface area contributed by atoms with Gasteiger partial charge in [-0.15, -0.1) is 5.53 Å². The number of primary amides is 1. The van der Waals surface area contributed by atoms with Crippen LogP contribution >= 0.6 is 0 Å². The number of nitrogens with zero attached hydrogens (tertiary/aromatic N) is 5. The summed E-state index contributed by atoms with van der Waals surface area (Å²) in [7, 11) is 1.87. The number of anilines is 1. The fourth-order valence-electron chi connectivity index (χ4n) is 4.67. The summed E-state index contributed by atoms with van der Waals surface area (Å²) in [6.07, 6.45) is 7.94. The highest BCUT2D eigenvalue weighted by atomic mass is 16.5. The molecule has 192 valence electrons. The second-order valence-corrected chi connectivity index (χ2v) is 9.19. The van der Waals surface area contributed by atoms with Crippen molar-refractivity contribution in [1.82, 2.24) is 31.2 Å². The molecule has 0 spiro atoms. The number of hydrogen-bond donors (Lipinski definition) is 4. The van der Waals surface area contributed by atoms with Crippen molar-refractivity contribution in [2.75, 3.05) is 5.01 Å². The van der Waals surface area contributed by atoms with Crippen molar-refractivity contribution in [3.63, 3.8) is 0 Å². The van der Waals surface area contributed by atoms with E-state index in [0.29, 0.717) is 5.56 Å². The first-order valence-electron chi connectivity index (χ1n) is 12.1. The van der Waals surface area contributed by atoms with Crippen LogP contribution < -0.4 is 31.9 Å². The van der Waals surface area contributed by atoms with E-state index in [-0.39, 0.29) is 29.5 Å². The molecule has 2 aromatic heterocycles. The topological polar surface area (TPSA) is 152 Å². The Morgan fingerprint density at radius 3 is 2.68 bits per heavy atom. The van der Waals surface area contributed by atoms with Gasteiger partial charge in [-0.25, -0.2) is 15.5 Å². The smallest absolute Gasteiger partial charge is 0.254 e. The number of hydrazone groups is 1. The summed E-state index contributed by atoms with van der Waals surface area (Å²) in [4.78, 5) is 29.1. The quantitative estimate of drug-likeness (QED) is 0.381. The molecule has 0 bridgehead atoms. The third kappa shape index (κ3) is 5.38. The van der Waals surface area contributed by atoms with Gasteiger partial charge in [0.05, 0.1) is 11.4 Å². The zero-order valence-electron chi connectivity index (χ0n) is 20.6. The van der Waals surface area contributed by atoms with Crippen molar-refractivity contribution in [2.24, 2.45) is 17.9 Å². The van der Waals surface area contributed by atoms with E-state index in [9.17, 15) is 9.59 Å². The van der Waals surface area contributed by atoms with Gasteiger partial charge in [0, 0.05) is 36.6 Å². The van der Waals surface area contributed by atoms with Crippen LogP contribution in [0.3, 0.4) is 0 Å². The highest BCUT2D eigenvalue weighted by Gasteiger charge is 2.26. The van der Waals surface area contributed by atoms with Crippen LogP contribution in [0.1, 0.15) is 52.1 Å². The lowest BCUT2D eigenvalue weighted by molar-refractivity contribution is 0.0881. The number of ether oxygens (including phenoxy) is 1. The normalized spacial score (nSPS) is 18.9. The highest BCUT2D eigenvalue weighted by Crippen LogP contribution is 2.29. The number of rotatable bonds is 7. The van der Waals surface area contributed by atoms with Gasteiger partial charge in [-0.05, 0) is 68.5 Å². The first-order chi connectivity index (χ1) is 17.9. The summed E-state index contributed by atoms with van der Waals surface area (Å²) in [6, 6.07) is 8.94. The molecule has 0 saturated heterocycles. The number of hydrogen-bond acceptors (Lipinski definition) is 9. The molecule has 37 heavy (non-hydrogen) atoms. The van der Waals surface area contributed by atoms with Crippen LogP contribution in [0.25, 0.3) is 11.1 Å². The Bertz CT molecular complexity index is 1340. The van der Waals surface area contributed by atoms with Gasteiger partial charge in [0.2, 0.25) is 5.88 Å². The average molecular weight is 504 g/mol. The maximum atomic E-state index is 13.3. The van der Waals surface area contributed by atoms with Crippen molar-refractivity contribution in [1.29, 1.82) is 0 Å². The predicted octanol–water partition coefficient (Wildman–Crippen LogP) is 1.78. The van der Waals surface area contributed by atoms with Crippen molar-refractivity contribution >= 4 is 23.8 Å². The van der Waals surface area contributed by atoms with Crippen molar-refractivity contribution in [2.45, 2.75) is 44.8 Å². The van der Waals surface area contributed by atoms with Gasteiger partial charge in [-0.2, -0.15) is 10.2 Å². The SMILES string of the molecule is Cc1nn(C)cc1-c1cc(C(=O)NC2CCC(Oc3ncccc3C(N)=O)CC2)cc(N2C=NNN2)c1. The Balaban J connectivity index is 1.28. The van der Waals surface area contributed by atoms with Crippen molar-refractivity contribution in [3.8, 4) is 17.0 Å². The van der Waals surface area contributed by atoms with Gasteiger partial charge < -0.3 is 15.8 Å². The Labute approximate surface area is 213 Å². The molecule has 1 aromatic carbocycles. The Morgan fingerprint density at radius 1 is 1.19 bits per heavy atom. The number of carbonyl (C=O) groups is 2. The summed E-state index contributed by atoms with van der Waals surface area (Å²) in [5.74, 6) is -0.469. The molecule has 0 unspecified atom stereocenters. The van der Waals surface area contributed by atoms with E-state index in [4.69, 9.17) is 10.5 Å². The van der Waals surface area contributed by atoms with E-state index in [1.54, 1.807) is 34.4 Å². The van der Waals surface area contributed by atoms with Crippen molar-refractivity contribution < 1.29 is 14.3 Å². The zero-order chi connectivity index (χ0) is 25.9. The second-order valence-electron chi connectivity index (χ2n) is 9.19. The predicted molar refractivity (Wildman–Crippen MR) is 138 cm³/mol. The van der Waals surface area contributed by atoms with E-state index >= 15 is 0 Å². The summed E-state index contributed by atoms with van der Waals surface area (Å²) in [6.45, 7) is 1.94. The molecule has 1 saturated carbocycles. The molecule has 0 atom stereocenters. The summed E-state index contributed by atoms with van der Waals surface area (Å²) in [5, 5.41) is 13.3. The average Bonchev–Trinajstić information content (AvgIpc) is 3.55. The van der Waals surface area contributed by atoms with Gasteiger partial charge >= 0.3 is 0 Å². The minimum atomic E-state index is -0.571. The standard InChI is InChI=1S/C25H29N9O3/c1-15-22(13-33(2)30-15)16-10-17(12-19(11-16)34-14-28-31-32-34)24(36)29-18-5-7-20(8-6-18)37-25-21(23(26)35)4-3-9-27-25/h3-4,9-14,18,20,31-32H,5-8H2,1-2H3,(H2,26,35)(H,29,36). The van der Waals surface area contributed by atoms with Crippen LogP contribution in [0.4, 0.5) is 5.69 Å². The zero-order valence-corrected chi connectivity index (χ0v) is 20.6. The first kappa shape index (κ1) is 24.3. The molecule has 5 N–H and O–H groups in total. The maximum Gasteiger partial charge on any atom is 0.254 e. The molecule has 0 radical (unpaired) electrons. The van der Waals surface area contributed by atoms with E-state index < -0.39 is 5.91 Å². The van der Waals surface area contributed by atoms with Crippen molar-refractivity contribution in [3.05, 3.63) is 59.5 Å². The third-order valence-corrected chi connectivity index (χ3v) is 6.52. The number of nitrogens with one attached hydrogen (secondary N) is 3. The Hall–Kier alpha value is -4.45. The van der Waals surface area contributed by atoms with E-state index in [1.807, 2.05) is 38.4 Å². The van der Waals surface area contributed by atoms with Crippen LogP contribution in [0.5, 0.6) is 5.88 Å². The molecule has 1 aliphatic heterocycles. The lowest BCUT2D eigenvalue weighted by Gasteiger charge is -2.29. The Morgan fingerprint density at radius 2 is 2.00 bits per heavy atom. The minimum Gasteiger partial charge on any atom is -0.474 e. The van der Waals surface area contributed by atoms with Crippen LogP contribution in [0, 0.1) is 6.92 Å². The van der Waals surface area contributed by atoms with Gasteiger partial charge in [0.15, 0.2) is 0 Å². The largest absolute Gasteiger partial charge is 0.474 e. The molecule has 2 amide bonds. The first-order valence-corrected chi connectivity index (χ1v) is 12.1. The van der Waals surface area contributed by atoms with Crippen LogP contribution in [-0.2, 0) is 7.05 Å². The summed E-state index contributed by atoms with van der Waals surface area (Å²) < 4.78 is 7.73. The van der Waals surface area contributed by atoms with Crippen LogP contribution in [0.15, 0.2) is 47.8 Å². The number of nitrogens with two attached hydrogens (primary N) is 1. The maximum absolute atomic E-state index is 13.3. The molecule has 12 nitrogen and oxygen atoms in total. The molecule has 2 aliphatic rings. The highest BCUT2D eigenvalue weighted by molar-refractivity contribution is 5.98. The summed E-state index contributed by atoms with van der Waals surface area (Å²) in [5.41, 5.74) is 15.3. The van der Waals surface area contributed by atoms with E-state index in [1.165, 1.54) is 0 Å². The number of pyridine rings is 1.